The molecule has 0 fully saturated rings. The van der Waals surface area contributed by atoms with Crippen molar-refractivity contribution in [1.82, 2.24) is 14.5 Å². The second-order valence-electron chi connectivity index (χ2n) is 4.06. The van der Waals surface area contributed by atoms with Crippen LogP contribution in [0.5, 0.6) is 0 Å². The van der Waals surface area contributed by atoms with Gasteiger partial charge in [0.2, 0.25) is 0 Å². The predicted molar refractivity (Wildman–Crippen MR) is 69.4 cm³/mol. The van der Waals surface area contributed by atoms with E-state index in [1.165, 1.54) is 6.33 Å². The third-order valence-electron chi connectivity index (χ3n) is 2.61. The summed E-state index contributed by atoms with van der Waals surface area (Å²) >= 11 is 0. The van der Waals surface area contributed by atoms with Gasteiger partial charge in [0.1, 0.15) is 6.33 Å². The van der Waals surface area contributed by atoms with Crippen LogP contribution in [0.2, 0.25) is 0 Å². The molecule has 0 aliphatic carbocycles. The van der Waals surface area contributed by atoms with Crippen LogP contribution in [-0.4, -0.2) is 28.3 Å². The Bertz CT molecular complexity index is 631. The zero-order valence-electron chi connectivity index (χ0n) is 10.5. The van der Waals surface area contributed by atoms with Crippen molar-refractivity contribution in [3.63, 3.8) is 0 Å². The first kappa shape index (κ1) is 12.4. The molecule has 2 rings (SSSR count). The van der Waals surface area contributed by atoms with Crippen LogP contribution in [0.15, 0.2) is 41.1 Å². The topological polar surface area (TPSA) is 57.0 Å². The van der Waals surface area contributed by atoms with E-state index in [4.69, 9.17) is 4.74 Å². The van der Waals surface area contributed by atoms with Gasteiger partial charge >= 0.3 is 0 Å². The Hall–Kier alpha value is -2.01. The van der Waals surface area contributed by atoms with Crippen molar-refractivity contribution >= 4 is 11.0 Å². The molecule has 0 N–H and O–H groups in total. The van der Waals surface area contributed by atoms with E-state index >= 15 is 0 Å². The molecule has 5 heteroatoms. The molecule has 0 spiro atoms. The zero-order chi connectivity index (χ0) is 13.0. The van der Waals surface area contributed by atoms with Crippen LogP contribution in [0.25, 0.3) is 11.0 Å². The summed E-state index contributed by atoms with van der Waals surface area (Å²) in [5, 5.41) is 0.540. The number of hydrogen-bond acceptors (Lipinski definition) is 4. The van der Waals surface area contributed by atoms with E-state index in [9.17, 15) is 4.79 Å². The van der Waals surface area contributed by atoms with Gasteiger partial charge in [-0.3, -0.25) is 9.36 Å². The Morgan fingerprint density at radius 1 is 1.50 bits per heavy atom. The van der Waals surface area contributed by atoms with Crippen molar-refractivity contribution in [2.45, 2.75) is 13.5 Å². The molecular formula is C13H15N3O2. The van der Waals surface area contributed by atoms with Gasteiger partial charge < -0.3 is 4.74 Å². The van der Waals surface area contributed by atoms with Gasteiger partial charge in [-0.1, -0.05) is 11.6 Å². The largest absolute Gasteiger partial charge is 0.380 e. The SMILES string of the molecule is COC/C(C)=C/Cn1cnc2ncccc2c1=O. The average Bonchev–Trinajstić information content (AvgIpc) is 2.39. The van der Waals surface area contributed by atoms with Gasteiger partial charge in [-0.15, -0.1) is 0 Å². The predicted octanol–water partition coefficient (Wildman–Crippen LogP) is 1.38. The number of aromatic nitrogens is 3. The summed E-state index contributed by atoms with van der Waals surface area (Å²) in [5.41, 5.74) is 1.49. The lowest BCUT2D eigenvalue weighted by molar-refractivity contribution is 0.225. The van der Waals surface area contributed by atoms with Crippen LogP contribution in [0.1, 0.15) is 6.92 Å². The lowest BCUT2D eigenvalue weighted by Gasteiger charge is -2.04. The van der Waals surface area contributed by atoms with Gasteiger partial charge in [-0.2, -0.15) is 0 Å². The van der Waals surface area contributed by atoms with Gasteiger partial charge in [0, 0.05) is 19.9 Å². The summed E-state index contributed by atoms with van der Waals surface area (Å²) in [6.07, 6.45) is 5.10. The maximum absolute atomic E-state index is 12.1. The molecule has 0 bridgehead atoms. The number of allylic oxidation sites excluding steroid dienone is 1. The molecule has 2 heterocycles. The summed E-state index contributed by atoms with van der Waals surface area (Å²) < 4.78 is 6.57. The number of fused-ring (bicyclic) bond motifs is 1. The molecule has 0 aromatic carbocycles. The zero-order valence-corrected chi connectivity index (χ0v) is 10.5. The van der Waals surface area contributed by atoms with E-state index in [0.29, 0.717) is 24.2 Å². The van der Waals surface area contributed by atoms with Crippen LogP contribution < -0.4 is 5.56 Å². The quantitative estimate of drug-likeness (QED) is 0.764. The normalized spacial score (nSPS) is 12.0. The van der Waals surface area contributed by atoms with Gasteiger partial charge in [0.05, 0.1) is 12.0 Å². The number of hydrogen-bond donors (Lipinski definition) is 0. The fourth-order valence-corrected chi connectivity index (χ4v) is 1.67. The minimum absolute atomic E-state index is 0.0745. The summed E-state index contributed by atoms with van der Waals surface area (Å²) in [4.78, 5) is 20.3. The van der Waals surface area contributed by atoms with Crippen LogP contribution in [0, 0.1) is 0 Å². The van der Waals surface area contributed by atoms with Crippen molar-refractivity contribution in [1.29, 1.82) is 0 Å². The van der Waals surface area contributed by atoms with Gasteiger partial charge in [0.25, 0.3) is 5.56 Å². The van der Waals surface area contributed by atoms with Crippen molar-refractivity contribution in [2.24, 2.45) is 0 Å². The number of rotatable bonds is 4. The Balaban J connectivity index is 2.33. The van der Waals surface area contributed by atoms with Crippen molar-refractivity contribution in [3.8, 4) is 0 Å². The number of ether oxygens (including phenoxy) is 1. The molecule has 0 aliphatic rings. The number of methoxy groups -OCH3 is 1. The van der Waals surface area contributed by atoms with Gasteiger partial charge in [-0.25, -0.2) is 9.97 Å². The highest BCUT2D eigenvalue weighted by Gasteiger charge is 2.02. The minimum Gasteiger partial charge on any atom is -0.380 e. The third-order valence-corrected chi connectivity index (χ3v) is 2.61. The Morgan fingerprint density at radius 3 is 3.11 bits per heavy atom. The third kappa shape index (κ3) is 2.62. The fourth-order valence-electron chi connectivity index (χ4n) is 1.67. The first-order chi connectivity index (χ1) is 8.72. The number of pyridine rings is 1. The molecule has 18 heavy (non-hydrogen) atoms. The maximum atomic E-state index is 12.1. The fraction of sp³-hybridized carbons (Fsp3) is 0.308. The highest BCUT2D eigenvalue weighted by Crippen LogP contribution is 2.01. The van der Waals surface area contributed by atoms with Gasteiger partial charge in [-0.05, 0) is 19.1 Å². The summed E-state index contributed by atoms with van der Waals surface area (Å²) in [6.45, 7) is 3.02. The Kier molecular flexibility index (Phi) is 3.84. The number of nitrogens with zero attached hydrogens (tertiary/aromatic N) is 3. The smallest absolute Gasteiger partial charge is 0.263 e. The molecule has 0 unspecified atom stereocenters. The van der Waals surface area contributed by atoms with E-state index in [1.807, 2.05) is 13.0 Å². The standard InChI is InChI=1S/C13H15N3O2/c1-10(8-18-2)5-7-16-9-15-12-11(13(16)17)4-3-6-14-12/h3-6,9H,7-8H2,1-2H3/b10-5+. The van der Waals surface area contributed by atoms with Crippen molar-refractivity contribution in [2.75, 3.05) is 13.7 Å². The van der Waals surface area contributed by atoms with Crippen molar-refractivity contribution < 1.29 is 4.74 Å². The molecular weight excluding hydrogens is 230 g/mol. The molecule has 5 nitrogen and oxygen atoms in total. The lowest BCUT2D eigenvalue weighted by atomic mass is 10.3. The van der Waals surface area contributed by atoms with Crippen LogP contribution >= 0.6 is 0 Å². The lowest BCUT2D eigenvalue weighted by Crippen LogP contribution is -2.20. The summed E-state index contributed by atoms with van der Waals surface area (Å²) in [6, 6.07) is 3.47. The first-order valence-electron chi connectivity index (χ1n) is 5.67. The Morgan fingerprint density at radius 2 is 2.33 bits per heavy atom. The molecule has 0 saturated heterocycles. The molecule has 2 aromatic rings. The minimum atomic E-state index is -0.0745. The van der Waals surface area contributed by atoms with E-state index in [2.05, 4.69) is 9.97 Å². The van der Waals surface area contributed by atoms with Crippen LogP contribution in [0.3, 0.4) is 0 Å². The molecule has 2 aromatic heterocycles. The molecule has 0 saturated carbocycles. The summed E-state index contributed by atoms with van der Waals surface area (Å²) in [7, 11) is 1.65. The second kappa shape index (κ2) is 5.55. The van der Waals surface area contributed by atoms with Crippen LogP contribution in [0.4, 0.5) is 0 Å². The monoisotopic (exact) mass is 245 g/mol. The molecule has 94 valence electrons. The highest BCUT2D eigenvalue weighted by atomic mass is 16.5. The van der Waals surface area contributed by atoms with Gasteiger partial charge in [0.15, 0.2) is 5.65 Å². The first-order valence-corrected chi connectivity index (χ1v) is 5.67. The van der Waals surface area contributed by atoms with E-state index in [-0.39, 0.29) is 5.56 Å². The Labute approximate surface area is 105 Å². The highest BCUT2D eigenvalue weighted by molar-refractivity contribution is 5.72. The van der Waals surface area contributed by atoms with E-state index < -0.39 is 0 Å². The molecule has 0 radical (unpaired) electrons. The van der Waals surface area contributed by atoms with E-state index in [0.717, 1.165) is 5.57 Å². The van der Waals surface area contributed by atoms with Crippen molar-refractivity contribution in [3.05, 3.63) is 46.7 Å². The average molecular weight is 245 g/mol. The molecule has 0 amide bonds. The van der Waals surface area contributed by atoms with Crippen LogP contribution in [-0.2, 0) is 11.3 Å². The second-order valence-corrected chi connectivity index (χ2v) is 4.06. The maximum Gasteiger partial charge on any atom is 0.263 e. The van der Waals surface area contributed by atoms with E-state index in [1.54, 1.807) is 30.0 Å². The molecule has 0 aliphatic heterocycles. The molecule has 0 atom stereocenters. The summed E-state index contributed by atoms with van der Waals surface area (Å²) in [5.74, 6) is 0.